The summed E-state index contributed by atoms with van der Waals surface area (Å²) in [6, 6.07) is 26.3. The lowest BCUT2D eigenvalue weighted by atomic mass is 10.0. The van der Waals surface area contributed by atoms with Crippen molar-refractivity contribution in [2.24, 2.45) is 0 Å². The van der Waals surface area contributed by atoms with E-state index in [1.807, 2.05) is 54.8 Å². The fraction of sp³-hybridized carbons (Fsp3) is 0.200. The Balaban J connectivity index is 1.59. The van der Waals surface area contributed by atoms with Crippen LogP contribution in [-0.2, 0) is 16.1 Å². The fourth-order valence-corrected chi connectivity index (χ4v) is 3.47. The van der Waals surface area contributed by atoms with Crippen molar-refractivity contribution < 1.29 is 14.3 Å². The van der Waals surface area contributed by atoms with E-state index in [9.17, 15) is 9.59 Å². The highest BCUT2D eigenvalue weighted by atomic mass is 32.2. The van der Waals surface area contributed by atoms with E-state index in [4.69, 9.17) is 4.74 Å². The Morgan fingerprint density at radius 1 is 0.867 bits per heavy atom. The van der Waals surface area contributed by atoms with E-state index >= 15 is 0 Å². The second kappa shape index (κ2) is 11.2. The van der Waals surface area contributed by atoms with Gasteiger partial charge in [0.05, 0.1) is 0 Å². The number of esters is 1. The topological polar surface area (TPSA) is 55.4 Å². The van der Waals surface area contributed by atoms with Gasteiger partial charge in [0.1, 0.15) is 12.6 Å². The molecule has 4 nitrogen and oxygen atoms in total. The van der Waals surface area contributed by atoms with Crippen molar-refractivity contribution in [3.05, 3.63) is 96.1 Å². The van der Waals surface area contributed by atoms with E-state index in [-0.39, 0.29) is 12.5 Å². The monoisotopic (exact) mass is 419 g/mol. The van der Waals surface area contributed by atoms with Gasteiger partial charge in [0.2, 0.25) is 0 Å². The first-order valence-corrected chi connectivity index (χ1v) is 11.2. The molecule has 0 aliphatic carbocycles. The summed E-state index contributed by atoms with van der Waals surface area (Å²) in [6.07, 6.45) is 2.49. The fourth-order valence-electron chi connectivity index (χ4n) is 2.99. The number of ether oxygens (including phenoxy) is 1. The van der Waals surface area contributed by atoms with Gasteiger partial charge >= 0.3 is 5.97 Å². The van der Waals surface area contributed by atoms with Crippen LogP contribution in [0.2, 0.25) is 0 Å². The summed E-state index contributed by atoms with van der Waals surface area (Å²) in [6.45, 7) is 0.172. The first kappa shape index (κ1) is 21.7. The Hall–Kier alpha value is -3.05. The van der Waals surface area contributed by atoms with Gasteiger partial charge in [-0.2, -0.15) is 11.8 Å². The number of benzene rings is 3. The molecular weight excluding hydrogens is 394 g/mol. The summed E-state index contributed by atoms with van der Waals surface area (Å²) in [5, 5.41) is 2.81. The molecule has 3 aromatic carbocycles. The van der Waals surface area contributed by atoms with Crippen molar-refractivity contribution in [2.75, 3.05) is 12.0 Å². The van der Waals surface area contributed by atoms with Crippen LogP contribution in [0, 0.1) is 0 Å². The number of hydrogen-bond donors (Lipinski definition) is 1. The maximum atomic E-state index is 12.6. The number of rotatable bonds is 9. The van der Waals surface area contributed by atoms with Crippen LogP contribution in [0.4, 0.5) is 0 Å². The molecular formula is C25H25NO3S. The number of carbonyl (C=O) groups excluding carboxylic acids is 2. The molecule has 0 radical (unpaired) electrons. The lowest BCUT2D eigenvalue weighted by molar-refractivity contribution is -0.147. The molecule has 30 heavy (non-hydrogen) atoms. The Morgan fingerprint density at radius 3 is 2.10 bits per heavy atom. The van der Waals surface area contributed by atoms with Crippen molar-refractivity contribution in [3.8, 4) is 11.1 Å². The number of amides is 1. The van der Waals surface area contributed by atoms with Crippen LogP contribution in [0.15, 0.2) is 84.9 Å². The highest BCUT2D eigenvalue weighted by Gasteiger charge is 2.22. The van der Waals surface area contributed by atoms with Crippen LogP contribution in [0.5, 0.6) is 0 Å². The Bertz CT molecular complexity index is 943. The van der Waals surface area contributed by atoms with Gasteiger partial charge in [0.15, 0.2) is 0 Å². The zero-order valence-corrected chi connectivity index (χ0v) is 17.7. The molecule has 0 saturated carbocycles. The lowest BCUT2D eigenvalue weighted by Gasteiger charge is -2.17. The third-order valence-electron chi connectivity index (χ3n) is 4.68. The first-order chi connectivity index (χ1) is 14.7. The molecule has 0 bridgehead atoms. The maximum absolute atomic E-state index is 12.6. The van der Waals surface area contributed by atoms with Crippen molar-refractivity contribution >= 4 is 23.6 Å². The van der Waals surface area contributed by atoms with Gasteiger partial charge in [-0.1, -0.05) is 72.8 Å². The Labute approximate surface area is 181 Å². The smallest absolute Gasteiger partial charge is 0.329 e. The van der Waals surface area contributed by atoms with Crippen LogP contribution < -0.4 is 5.32 Å². The molecule has 3 aromatic rings. The van der Waals surface area contributed by atoms with Crippen molar-refractivity contribution in [1.29, 1.82) is 0 Å². The van der Waals surface area contributed by atoms with E-state index in [0.717, 1.165) is 22.4 Å². The average molecular weight is 420 g/mol. The standard InChI is InChI=1S/C25H25NO3S/c1-30-17-16-23(26-24(27)22-10-6-3-7-11-22)25(28)29-18-19-12-14-21(15-13-19)20-8-4-2-5-9-20/h2-15,23H,16-18H2,1H3,(H,26,27)/t23-/m0/s1. The predicted molar refractivity (Wildman–Crippen MR) is 122 cm³/mol. The van der Waals surface area contributed by atoms with E-state index in [1.54, 1.807) is 36.0 Å². The van der Waals surface area contributed by atoms with Gasteiger partial charge in [0.25, 0.3) is 5.91 Å². The molecule has 0 saturated heterocycles. The second-order valence-electron chi connectivity index (χ2n) is 6.84. The molecule has 0 heterocycles. The van der Waals surface area contributed by atoms with Crippen LogP contribution in [0.3, 0.4) is 0 Å². The molecule has 0 aliphatic rings. The van der Waals surface area contributed by atoms with Crippen LogP contribution >= 0.6 is 11.8 Å². The SMILES string of the molecule is CSCC[C@H](NC(=O)c1ccccc1)C(=O)OCc1ccc(-c2ccccc2)cc1. The van der Waals surface area contributed by atoms with E-state index in [1.165, 1.54) is 0 Å². The third kappa shape index (κ3) is 6.22. The molecule has 1 N–H and O–H groups in total. The number of carbonyl (C=O) groups is 2. The van der Waals surface area contributed by atoms with Crippen LogP contribution in [-0.4, -0.2) is 29.9 Å². The van der Waals surface area contributed by atoms with Gasteiger partial charge in [-0.15, -0.1) is 0 Å². The summed E-state index contributed by atoms with van der Waals surface area (Å²) in [5.74, 6) is 0.0620. The number of hydrogen-bond acceptors (Lipinski definition) is 4. The quantitative estimate of drug-likeness (QED) is 0.499. The molecule has 3 rings (SSSR count). The van der Waals surface area contributed by atoms with Gasteiger partial charge in [-0.25, -0.2) is 4.79 Å². The molecule has 154 valence electrons. The minimum absolute atomic E-state index is 0.172. The Morgan fingerprint density at radius 2 is 1.47 bits per heavy atom. The van der Waals surface area contributed by atoms with Gasteiger partial charge < -0.3 is 10.1 Å². The Kier molecular flexibility index (Phi) is 8.10. The zero-order valence-electron chi connectivity index (χ0n) is 16.9. The minimum Gasteiger partial charge on any atom is -0.459 e. The molecule has 0 aromatic heterocycles. The normalized spacial score (nSPS) is 11.5. The molecule has 1 atom stereocenters. The summed E-state index contributed by atoms with van der Waals surface area (Å²) < 4.78 is 5.51. The first-order valence-electron chi connectivity index (χ1n) is 9.83. The van der Waals surface area contributed by atoms with Crippen molar-refractivity contribution in [3.63, 3.8) is 0 Å². The van der Waals surface area contributed by atoms with Crippen LogP contribution in [0.25, 0.3) is 11.1 Å². The molecule has 0 aliphatic heterocycles. The summed E-state index contributed by atoms with van der Waals surface area (Å²) in [5.41, 5.74) is 3.68. The molecule has 0 fully saturated rings. The number of nitrogens with one attached hydrogen (secondary N) is 1. The van der Waals surface area contributed by atoms with E-state index in [2.05, 4.69) is 17.4 Å². The average Bonchev–Trinajstić information content (AvgIpc) is 2.81. The van der Waals surface area contributed by atoms with Gasteiger partial charge in [0, 0.05) is 5.56 Å². The molecule has 0 unspecified atom stereocenters. The zero-order chi connectivity index (χ0) is 21.2. The number of thioether (sulfide) groups is 1. The predicted octanol–water partition coefficient (Wildman–Crippen LogP) is 4.95. The van der Waals surface area contributed by atoms with Crippen LogP contribution in [0.1, 0.15) is 22.3 Å². The second-order valence-corrected chi connectivity index (χ2v) is 7.83. The maximum Gasteiger partial charge on any atom is 0.329 e. The third-order valence-corrected chi connectivity index (χ3v) is 5.32. The lowest BCUT2D eigenvalue weighted by Crippen LogP contribution is -2.42. The van der Waals surface area contributed by atoms with Crippen molar-refractivity contribution in [2.45, 2.75) is 19.1 Å². The molecule has 5 heteroatoms. The molecule has 0 spiro atoms. The summed E-state index contributed by atoms with van der Waals surface area (Å²) in [7, 11) is 0. The summed E-state index contributed by atoms with van der Waals surface area (Å²) in [4.78, 5) is 25.1. The largest absolute Gasteiger partial charge is 0.459 e. The van der Waals surface area contributed by atoms with E-state index < -0.39 is 12.0 Å². The summed E-state index contributed by atoms with van der Waals surface area (Å²) >= 11 is 1.63. The molecule has 1 amide bonds. The van der Waals surface area contributed by atoms with Crippen molar-refractivity contribution in [1.82, 2.24) is 5.32 Å². The minimum atomic E-state index is -0.672. The van der Waals surface area contributed by atoms with Gasteiger partial charge in [-0.05, 0) is 47.3 Å². The van der Waals surface area contributed by atoms with E-state index in [0.29, 0.717) is 12.0 Å². The highest BCUT2D eigenvalue weighted by molar-refractivity contribution is 7.98. The highest BCUT2D eigenvalue weighted by Crippen LogP contribution is 2.19. The van der Waals surface area contributed by atoms with Gasteiger partial charge in [-0.3, -0.25) is 4.79 Å².